The van der Waals surface area contributed by atoms with E-state index in [0.717, 1.165) is 12.6 Å². The van der Waals surface area contributed by atoms with Crippen LogP contribution in [0.2, 0.25) is 0 Å². The van der Waals surface area contributed by atoms with Gasteiger partial charge >= 0.3 is 0 Å². The van der Waals surface area contributed by atoms with Crippen molar-refractivity contribution in [1.82, 2.24) is 10.2 Å². The first-order valence-electron chi connectivity index (χ1n) is 6.96. The smallest absolute Gasteiger partial charge is 0.0363 e. The second-order valence-electron chi connectivity index (χ2n) is 5.31. The van der Waals surface area contributed by atoms with Crippen LogP contribution in [0.4, 0.5) is 0 Å². The zero-order valence-corrected chi connectivity index (χ0v) is 10.4. The lowest BCUT2D eigenvalue weighted by molar-refractivity contribution is 0.105. The minimum Gasteiger partial charge on any atom is -0.315 e. The van der Waals surface area contributed by atoms with Crippen LogP contribution in [0.3, 0.4) is 0 Å². The number of hydrogen-bond donors (Lipinski definition) is 1. The van der Waals surface area contributed by atoms with Crippen molar-refractivity contribution in [2.75, 3.05) is 19.6 Å². The van der Waals surface area contributed by atoms with Crippen molar-refractivity contribution >= 4 is 0 Å². The van der Waals surface area contributed by atoms with Crippen LogP contribution < -0.4 is 5.32 Å². The Bertz CT molecular complexity index is 349. The zero-order valence-electron chi connectivity index (χ0n) is 10.4. The highest BCUT2D eigenvalue weighted by molar-refractivity contribution is 5.20. The Morgan fingerprint density at radius 3 is 2.82 bits per heavy atom. The molecule has 2 unspecified atom stereocenters. The van der Waals surface area contributed by atoms with E-state index in [1.54, 1.807) is 0 Å². The number of nitrogens with zero attached hydrogens (tertiary/aromatic N) is 1. The molecule has 0 bridgehead atoms. The van der Waals surface area contributed by atoms with E-state index in [-0.39, 0.29) is 0 Å². The van der Waals surface area contributed by atoms with Crippen LogP contribution in [0.1, 0.15) is 37.3 Å². The third-order valence-electron chi connectivity index (χ3n) is 4.23. The van der Waals surface area contributed by atoms with E-state index in [4.69, 9.17) is 0 Å². The number of fused-ring (bicyclic) bond motifs is 1. The third kappa shape index (κ3) is 2.38. The Labute approximate surface area is 104 Å². The Hall–Kier alpha value is -0.860. The van der Waals surface area contributed by atoms with E-state index in [1.165, 1.54) is 44.3 Å². The molecule has 0 amide bonds. The van der Waals surface area contributed by atoms with Crippen LogP contribution in [-0.4, -0.2) is 30.6 Å². The van der Waals surface area contributed by atoms with Crippen LogP contribution in [0.15, 0.2) is 30.3 Å². The first kappa shape index (κ1) is 11.2. The van der Waals surface area contributed by atoms with Crippen LogP contribution in [0.25, 0.3) is 0 Å². The summed E-state index contributed by atoms with van der Waals surface area (Å²) in [6.45, 7) is 3.63. The van der Waals surface area contributed by atoms with Gasteiger partial charge in [0.2, 0.25) is 0 Å². The van der Waals surface area contributed by atoms with Crippen molar-refractivity contribution < 1.29 is 0 Å². The van der Waals surface area contributed by atoms with Gasteiger partial charge in [-0.25, -0.2) is 0 Å². The first-order valence-corrected chi connectivity index (χ1v) is 6.96. The number of nitrogens with one attached hydrogen (secondary N) is 1. The molecule has 0 radical (unpaired) electrons. The average Bonchev–Trinajstić information content (AvgIpc) is 2.62. The molecule has 3 rings (SSSR count). The summed E-state index contributed by atoms with van der Waals surface area (Å²) in [4.78, 5) is 2.75. The lowest BCUT2D eigenvalue weighted by Crippen LogP contribution is -2.44. The maximum atomic E-state index is 3.60. The molecule has 2 aliphatic heterocycles. The van der Waals surface area contributed by atoms with Gasteiger partial charge < -0.3 is 5.32 Å². The fraction of sp³-hybridized carbons (Fsp3) is 0.600. The second-order valence-corrected chi connectivity index (χ2v) is 5.31. The summed E-state index contributed by atoms with van der Waals surface area (Å²) in [7, 11) is 0. The van der Waals surface area contributed by atoms with Gasteiger partial charge in [0.25, 0.3) is 0 Å². The summed E-state index contributed by atoms with van der Waals surface area (Å²) >= 11 is 0. The molecule has 0 aromatic heterocycles. The molecule has 2 saturated heterocycles. The van der Waals surface area contributed by atoms with E-state index in [9.17, 15) is 0 Å². The molecule has 0 spiro atoms. The highest BCUT2D eigenvalue weighted by atomic mass is 15.2. The van der Waals surface area contributed by atoms with Crippen LogP contribution in [-0.2, 0) is 0 Å². The molecule has 2 heterocycles. The standard InChI is InChI=1S/C15H22N2/c1-2-6-13(7-3-1)15-9-10-16-12-14-8-4-5-11-17(14)15/h1-3,6-7,14-16H,4-5,8-12H2. The van der Waals surface area contributed by atoms with Crippen molar-refractivity contribution in [3.05, 3.63) is 35.9 Å². The molecule has 92 valence electrons. The largest absolute Gasteiger partial charge is 0.315 e. The quantitative estimate of drug-likeness (QED) is 0.797. The van der Waals surface area contributed by atoms with Crippen molar-refractivity contribution in [3.8, 4) is 0 Å². The summed E-state index contributed by atoms with van der Waals surface area (Å²) in [6, 6.07) is 12.4. The number of rotatable bonds is 1. The Balaban J connectivity index is 1.85. The molecule has 2 nitrogen and oxygen atoms in total. The molecule has 1 aromatic carbocycles. The van der Waals surface area contributed by atoms with Gasteiger partial charge in [-0.15, -0.1) is 0 Å². The number of piperidine rings is 1. The summed E-state index contributed by atoms with van der Waals surface area (Å²) in [5, 5.41) is 3.60. The first-order chi connectivity index (χ1) is 8.45. The van der Waals surface area contributed by atoms with E-state index in [1.807, 2.05) is 0 Å². The normalized spacial score (nSPS) is 30.6. The molecule has 2 atom stereocenters. The highest BCUT2D eigenvalue weighted by Crippen LogP contribution is 2.31. The van der Waals surface area contributed by atoms with Gasteiger partial charge in [-0.1, -0.05) is 36.8 Å². The van der Waals surface area contributed by atoms with Crippen molar-refractivity contribution in [3.63, 3.8) is 0 Å². The van der Waals surface area contributed by atoms with Crippen LogP contribution in [0, 0.1) is 0 Å². The van der Waals surface area contributed by atoms with Gasteiger partial charge in [-0.2, -0.15) is 0 Å². The van der Waals surface area contributed by atoms with Crippen molar-refractivity contribution in [2.45, 2.75) is 37.8 Å². The van der Waals surface area contributed by atoms with Gasteiger partial charge in [0, 0.05) is 18.6 Å². The topological polar surface area (TPSA) is 15.3 Å². The molecule has 17 heavy (non-hydrogen) atoms. The van der Waals surface area contributed by atoms with E-state index < -0.39 is 0 Å². The highest BCUT2D eigenvalue weighted by Gasteiger charge is 2.31. The third-order valence-corrected chi connectivity index (χ3v) is 4.23. The van der Waals surface area contributed by atoms with E-state index >= 15 is 0 Å². The van der Waals surface area contributed by atoms with E-state index in [2.05, 4.69) is 40.5 Å². The summed E-state index contributed by atoms with van der Waals surface area (Å²) < 4.78 is 0. The summed E-state index contributed by atoms with van der Waals surface area (Å²) in [5.74, 6) is 0. The fourth-order valence-electron chi connectivity index (χ4n) is 3.36. The minimum atomic E-state index is 0.636. The molecule has 1 N–H and O–H groups in total. The predicted molar refractivity (Wildman–Crippen MR) is 71.0 cm³/mol. The molecule has 1 aromatic rings. The maximum Gasteiger partial charge on any atom is 0.0363 e. The average molecular weight is 230 g/mol. The molecule has 0 aliphatic carbocycles. The molecule has 2 aliphatic rings. The number of benzene rings is 1. The van der Waals surface area contributed by atoms with Gasteiger partial charge in [0.05, 0.1) is 0 Å². The molecule has 2 heteroatoms. The minimum absolute atomic E-state index is 0.636. The fourth-order valence-corrected chi connectivity index (χ4v) is 3.36. The molecule has 0 saturated carbocycles. The van der Waals surface area contributed by atoms with Gasteiger partial charge in [0.1, 0.15) is 0 Å². The second kappa shape index (κ2) is 5.19. The lowest BCUT2D eigenvalue weighted by Gasteiger charge is -2.39. The molecular weight excluding hydrogens is 208 g/mol. The Kier molecular flexibility index (Phi) is 3.44. The van der Waals surface area contributed by atoms with Gasteiger partial charge in [0.15, 0.2) is 0 Å². The summed E-state index contributed by atoms with van der Waals surface area (Å²) in [6.07, 6.45) is 5.40. The van der Waals surface area contributed by atoms with Crippen molar-refractivity contribution in [1.29, 1.82) is 0 Å². The van der Waals surface area contributed by atoms with Gasteiger partial charge in [-0.05, 0) is 37.9 Å². The lowest BCUT2D eigenvalue weighted by atomic mass is 9.96. The number of hydrogen-bond acceptors (Lipinski definition) is 2. The van der Waals surface area contributed by atoms with Gasteiger partial charge in [-0.3, -0.25) is 4.90 Å². The zero-order chi connectivity index (χ0) is 11.5. The Morgan fingerprint density at radius 2 is 1.94 bits per heavy atom. The predicted octanol–water partition coefficient (Wildman–Crippen LogP) is 2.58. The SMILES string of the molecule is c1ccc(C2CCNCC3CCCCN32)cc1. The van der Waals surface area contributed by atoms with Crippen molar-refractivity contribution in [2.24, 2.45) is 0 Å². The Morgan fingerprint density at radius 1 is 1.06 bits per heavy atom. The molecule has 2 fully saturated rings. The van der Waals surface area contributed by atoms with Crippen LogP contribution in [0.5, 0.6) is 0 Å². The van der Waals surface area contributed by atoms with Crippen LogP contribution >= 0.6 is 0 Å². The monoisotopic (exact) mass is 230 g/mol. The molecular formula is C15H22N2. The summed E-state index contributed by atoms with van der Waals surface area (Å²) in [5.41, 5.74) is 1.50. The maximum absolute atomic E-state index is 3.60. The van der Waals surface area contributed by atoms with E-state index in [0.29, 0.717) is 6.04 Å².